The minimum atomic E-state index is -4.77. The van der Waals surface area contributed by atoms with Gasteiger partial charge in [0.15, 0.2) is 0 Å². The largest absolute Gasteiger partial charge is 0.573 e. The van der Waals surface area contributed by atoms with Crippen LogP contribution in [0.4, 0.5) is 13.2 Å². The van der Waals surface area contributed by atoms with E-state index in [2.05, 4.69) is 4.74 Å². The molecular formula is C19H18ClF3O3. The lowest BCUT2D eigenvalue weighted by molar-refractivity contribution is -0.274. The molecule has 0 aromatic heterocycles. The van der Waals surface area contributed by atoms with Crippen LogP contribution in [0.15, 0.2) is 48.5 Å². The standard InChI is InChI=1S/C19H18ClF3O3/c1-12(2)17(14-6-8-15(20)9-7-14)18(24)25-11-13-4-3-5-16(10-13)26-19(21,22)23/h3-10,12,17H,11H2,1-2H3. The van der Waals surface area contributed by atoms with Crippen LogP contribution < -0.4 is 4.74 Å². The van der Waals surface area contributed by atoms with E-state index in [0.717, 1.165) is 5.56 Å². The molecule has 0 amide bonds. The Morgan fingerprint density at radius 2 is 1.77 bits per heavy atom. The summed E-state index contributed by atoms with van der Waals surface area (Å²) in [5, 5.41) is 0.561. The molecule has 0 spiro atoms. The monoisotopic (exact) mass is 386 g/mol. The third-order valence-electron chi connectivity index (χ3n) is 3.66. The summed E-state index contributed by atoms with van der Waals surface area (Å²) < 4.78 is 46.0. The van der Waals surface area contributed by atoms with E-state index in [-0.39, 0.29) is 18.3 Å². The van der Waals surface area contributed by atoms with Crippen molar-refractivity contribution in [2.75, 3.05) is 0 Å². The fourth-order valence-electron chi connectivity index (χ4n) is 2.54. The Labute approximate surface area is 154 Å². The number of rotatable bonds is 6. The number of esters is 1. The maximum absolute atomic E-state index is 12.5. The molecule has 140 valence electrons. The number of halogens is 4. The highest BCUT2D eigenvalue weighted by atomic mass is 35.5. The molecule has 0 aliphatic carbocycles. The van der Waals surface area contributed by atoms with Gasteiger partial charge < -0.3 is 9.47 Å². The van der Waals surface area contributed by atoms with E-state index in [0.29, 0.717) is 10.6 Å². The first-order valence-corrected chi connectivity index (χ1v) is 8.30. The van der Waals surface area contributed by atoms with Crippen molar-refractivity contribution in [2.45, 2.75) is 32.7 Å². The molecule has 0 bridgehead atoms. The second kappa shape index (κ2) is 8.45. The summed E-state index contributed by atoms with van der Waals surface area (Å²) in [6.45, 7) is 3.63. The van der Waals surface area contributed by atoms with Crippen molar-refractivity contribution in [3.63, 3.8) is 0 Å². The Kier molecular flexibility index (Phi) is 6.53. The average molecular weight is 387 g/mol. The normalized spacial score (nSPS) is 12.7. The summed E-state index contributed by atoms with van der Waals surface area (Å²) in [5.41, 5.74) is 1.17. The van der Waals surface area contributed by atoms with E-state index in [1.54, 1.807) is 30.3 Å². The van der Waals surface area contributed by atoms with Gasteiger partial charge in [0.1, 0.15) is 12.4 Å². The Balaban J connectivity index is 2.06. The predicted octanol–water partition coefficient (Wildman–Crippen LogP) is 5.72. The lowest BCUT2D eigenvalue weighted by Gasteiger charge is -2.20. The van der Waals surface area contributed by atoms with Crippen LogP contribution >= 0.6 is 11.6 Å². The summed E-state index contributed by atoms with van der Waals surface area (Å²) in [7, 11) is 0. The molecule has 0 N–H and O–H groups in total. The molecule has 2 aromatic rings. The molecule has 26 heavy (non-hydrogen) atoms. The maximum atomic E-state index is 12.5. The number of ether oxygens (including phenoxy) is 2. The first kappa shape index (κ1) is 20.1. The smallest absolute Gasteiger partial charge is 0.460 e. The van der Waals surface area contributed by atoms with Gasteiger partial charge in [0.2, 0.25) is 0 Å². The van der Waals surface area contributed by atoms with Gasteiger partial charge in [-0.05, 0) is 41.3 Å². The highest BCUT2D eigenvalue weighted by Gasteiger charge is 2.31. The Bertz CT molecular complexity index is 742. The van der Waals surface area contributed by atoms with Gasteiger partial charge in [-0.3, -0.25) is 4.79 Å². The molecule has 2 rings (SSSR count). The zero-order valence-electron chi connectivity index (χ0n) is 14.2. The Morgan fingerprint density at radius 3 is 2.35 bits per heavy atom. The van der Waals surface area contributed by atoms with Crippen LogP contribution in [0.3, 0.4) is 0 Å². The third kappa shape index (κ3) is 5.95. The number of alkyl halides is 3. The van der Waals surface area contributed by atoms with Gasteiger partial charge in [-0.1, -0.05) is 49.7 Å². The van der Waals surface area contributed by atoms with E-state index in [4.69, 9.17) is 16.3 Å². The van der Waals surface area contributed by atoms with Crippen molar-refractivity contribution in [3.8, 4) is 5.75 Å². The molecule has 3 nitrogen and oxygen atoms in total. The van der Waals surface area contributed by atoms with E-state index < -0.39 is 18.2 Å². The van der Waals surface area contributed by atoms with E-state index >= 15 is 0 Å². The highest BCUT2D eigenvalue weighted by molar-refractivity contribution is 6.30. The van der Waals surface area contributed by atoms with E-state index in [1.165, 1.54) is 18.2 Å². The fourth-order valence-corrected chi connectivity index (χ4v) is 2.67. The summed E-state index contributed by atoms with van der Waals surface area (Å²) in [4.78, 5) is 12.5. The summed E-state index contributed by atoms with van der Waals surface area (Å²) in [6, 6.07) is 12.2. The van der Waals surface area contributed by atoms with Crippen molar-refractivity contribution in [1.82, 2.24) is 0 Å². The minimum Gasteiger partial charge on any atom is -0.460 e. The van der Waals surface area contributed by atoms with Gasteiger partial charge in [0.05, 0.1) is 5.92 Å². The molecule has 0 aliphatic heterocycles. The lowest BCUT2D eigenvalue weighted by Crippen LogP contribution is -2.21. The molecule has 0 saturated heterocycles. The van der Waals surface area contributed by atoms with Crippen LogP contribution in [0.5, 0.6) is 5.75 Å². The average Bonchev–Trinajstić information content (AvgIpc) is 2.53. The van der Waals surface area contributed by atoms with Gasteiger partial charge in [0.25, 0.3) is 0 Å². The van der Waals surface area contributed by atoms with Gasteiger partial charge in [-0.2, -0.15) is 0 Å². The molecule has 0 aliphatic rings. The molecule has 7 heteroatoms. The van der Waals surface area contributed by atoms with Crippen LogP contribution in [0.25, 0.3) is 0 Å². The van der Waals surface area contributed by atoms with Crippen molar-refractivity contribution in [3.05, 3.63) is 64.7 Å². The van der Waals surface area contributed by atoms with Gasteiger partial charge in [-0.15, -0.1) is 13.2 Å². The quantitative estimate of drug-likeness (QED) is 0.595. The second-order valence-electron chi connectivity index (χ2n) is 6.08. The van der Waals surface area contributed by atoms with Crippen molar-refractivity contribution >= 4 is 17.6 Å². The number of benzene rings is 2. The van der Waals surface area contributed by atoms with Crippen LogP contribution in [-0.2, 0) is 16.1 Å². The minimum absolute atomic E-state index is 0.0245. The number of hydrogen-bond donors (Lipinski definition) is 0. The second-order valence-corrected chi connectivity index (χ2v) is 6.51. The first-order valence-electron chi connectivity index (χ1n) is 7.92. The third-order valence-corrected chi connectivity index (χ3v) is 3.91. The summed E-state index contributed by atoms with van der Waals surface area (Å²) in [6.07, 6.45) is -4.77. The number of hydrogen-bond acceptors (Lipinski definition) is 3. The zero-order valence-corrected chi connectivity index (χ0v) is 15.0. The number of carbonyl (C=O) groups is 1. The molecular weight excluding hydrogens is 369 g/mol. The molecule has 0 saturated carbocycles. The van der Waals surface area contributed by atoms with Crippen LogP contribution in [-0.4, -0.2) is 12.3 Å². The van der Waals surface area contributed by atoms with E-state index in [1.807, 2.05) is 13.8 Å². The van der Waals surface area contributed by atoms with Gasteiger partial charge in [0, 0.05) is 5.02 Å². The zero-order chi connectivity index (χ0) is 19.3. The van der Waals surface area contributed by atoms with Crippen LogP contribution in [0, 0.1) is 5.92 Å². The molecule has 0 fully saturated rings. The molecule has 1 atom stereocenters. The van der Waals surface area contributed by atoms with Gasteiger partial charge in [-0.25, -0.2) is 0 Å². The first-order chi connectivity index (χ1) is 12.2. The SMILES string of the molecule is CC(C)C(C(=O)OCc1cccc(OC(F)(F)F)c1)c1ccc(Cl)cc1. The molecule has 0 radical (unpaired) electrons. The maximum Gasteiger partial charge on any atom is 0.573 e. The summed E-state index contributed by atoms with van der Waals surface area (Å²) in [5.74, 6) is -1.33. The summed E-state index contributed by atoms with van der Waals surface area (Å²) >= 11 is 5.87. The molecule has 1 unspecified atom stereocenters. The Hall–Kier alpha value is -2.21. The van der Waals surface area contributed by atoms with Crippen molar-refractivity contribution in [2.24, 2.45) is 5.92 Å². The molecule has 2 aromatic carbocycles. The lowest BCUT2D eigenvalue weighted by atomic mass is 9.88. The van der Waals surface area contributed by atoms with Crippen molar-refractivity contribution < 1.29 is 27.4 Å². The molecule has 0 heterocycles. The predicted molar refractivity (Wildman–Crippen MR) is 92.0 cm³/mol. The van der Waals surface area contributed by atoms with Crippen LogP contribution in [0.1, 0.15) is 30.9 Å². The topological polar surface area (TPSA) is 35.5 Å². The van der Waals surface area contributed by atoms with E-state index in [9.17, 15) is 18.0 Å². The highest BCUT2D eigenvalue weighted by Crippen LogP contribution is 2.28. The number of carbonyl (C=O) groups excluding carboxylic acids is 1. The fraction of sp³-hybridized carbons (Fsp3) is 0.316. The van der Waals surface area contributed by atoms with Gasteiger partial charge >= 0.3 is 12.3 Å². The Morgan fingerprint density at radius 1 is 1.12 bits per heavy atom. The van der Waals surface area contributed by atoms with Crippen molar-refractivity contribution in [1.29, 1.82) is 0 Å². The van der Waals surface area contributed by atoms with Crippen LogP contribution in [0.2, 0.25) is 5.02 Å².